The molecule has 0 aromatic carbocycles. The van der Waals surface area contributed by atoms with Gasteiger partial charge in [0.15, 0.2) is 6.10 Å². The summed E-state index contributed by atoms with van der Waals surface area (Å²) in [5, 5.41) is 0. The minimum absolute atomic E-state index is 0.0917. The second-order valence-corrected chi connectivity index (χ2v) is 18.1. The van der Waals surface area contributed by atoms with Crippen molar-refractivity contribution >= 4 is 17.9 Å². The third kappa shape index (κ3) is 56.1. The molecule has 1 unspecified atom stereocenters. The Labute approximate surface area is 436 Å². The largest absolute Gasteiger partial charge is 0.462 e. The molecular formula is C65H102O6. The molecule has 6 heteroatoms. The molecule has 0 aromatic rings. The van der Waals surface area contributed by atoms with Gasteiger partial charge in [-0.2, -0.15) is 0 Å². The fourth-order valence-electron chi connectivity index (χ4n) is 7.20. The van der Waals surface area contributed by atoms with Crippen molar-refractivity contribution in [3.63, 3.8) is 0 Å². The van der Waals surface area contributed by atoms with Gasteiger partial charge in [-0.25, -0.2) is 0 Å². The van der Waals surface area contributed by atoms with Crippen LogP contribution in [0.4, 0.5) is 0 Å². The Kier molecular flexibility index (Phi) is 54.0. The van der Waals surface area contributed by atoms with E-state index >= 15 is 0 Å². The van der Waals surface area contributed by atoms with E-state index in [1.165, 1.54) is 57.8 Å². The van der Waals surface area contributed by atoms with E-state index in [-0.39, 0.29) is 31.6 Å². The smallest absolute Gasteiger partial charge is 0.310 e. The van der Waals surface area contributed by atoms with Crippen LogP contribution in [0.3, 0.4) is 0 Å². The van der Waals surface area contributed by atoms with Crippen molar-refractivity contribution in [1.29, 1.82) is 0 Å². The van der Waals surface area contributed by atoms with Gasteiger partial charge in [-0.15, -0.1) is 0 Å². The molecule has 0 rings (SSSR count). The summed E-state index contributed by atoms with van der Waals surface area (Å²) < 4.78 is 16.6. The number of ether oxygens (including phenoxy) is 3. The van der Waals surface area contributed by atoms with Crippen LogP contribution in [0.25, 0.3) is 0 Å². The third-order valence-electron chi connectivity index (χ3n) is 11.4. The fraction of sp³-hybridized carbons (Fsp3) is 0.585. The molecule has 0 aliphatic heterocycles. The first-order valence-corrected chi connectivity index (χ1v) is 28.3. The van der Waals surface area contributed by atoms with Gasteiger partial charge in [-0.1, -0.05) is 250 Å². The average molecular weight is 980 g/mol. The number of unbranched alkanes of at least 4 members (excludes halogenated alkanes) is 15. The zero-order chi connectivity index (χ0) is 51.4. The molecule has 0 aliphatic rings. The molecule has 398 valence electrons. The first-order chi connectivity index (χ1) is 35.0. The number of carbonyl (C=O) groups excluding carboxylic acids is 3. The van der Waals surface area contributed by atoms with Crippen molar-refractivity contribution in [2.75, 3.05) is 13.2 Å². The highest BCUT2D eigenvalue weighted by atomic mass is 16.6. The molecule has 0 fully saturated rings. The Hall–Kier alpha value is -4.71. The van der Waals surface area contributed by atoms with Gasteiger partial charge in [0.05, 0.1) is 6.42 Å². The molecule has 0 amide bonds. The van der Waals surface area contributed by atoms with Gasteiger partial charge in [0.1, 0.15) is 13.2 Å². The van der Waals surface area contributed by atoms with Crippen LogP contribution in [0.15, 0.2) is 146 Å². The van der Waals surface area contributed by atoms with Crippen molar-refractivity contribution in [2.45, 2.75) is 232 Å². The number of allylic oxidation sites excluding steroid dienone is 23. The van der Waals surface area contributed by atoms with Crippen LogP contribution in [-0.2, 0) is 28.6 Å². The predicted octanol–water partition coefficient (Wildman–Crippen LogP) is 19.2. The van der Waals surface area contributed by atoms with Crippen molar-refractivity contribution < 1.29 is 28.6 Å². The van der Waals surface area contributed by atoms with E-state index in [0.29, 0.717) is 19.3 Å². The van der Waals surface area contributed by atoms with Crippen LogP contribution in [0, 0.1) is 0 Å². The van der Waals surface area contributed by atoms with Gasteiger partial charge in [0.25, 0.3) is 0 Å². The standard InChI is InChI=1S/C65H102O6/c1-4-7-10-13-15-17-19-21-23-24-25-26-27-28-29-30-31-32-33-34-35-36-37-38-39-40-42-43-45-47-49-52-55-58-64(67)70-61-62(60-69-63(66)57-54-51-12-9-6-3)71-65(68)59-56-53-50-48-46-44-41-22-20-18-16-14-11-8-5-2/h7-8,10-11,15-18,21-23,25-26,28-29,31-32,34-35,41,46,48,53,56,62H,4-6,9,12-14,19-20,24,27,30,33,36-40,42-45,47,49-52,54-55,57-61H2,1-3H3/b10-7-,11-8-,17-15-,18-16-,23-21-,26-25-,29-28-,32-31-,35-34-,41-22-,48-46-,56-53-. The highest BCUT2D eigenvalue weighted by molar-refractivity contribution is 5.72. The van der Waals surface area contributed by atoms with E-state index in [0.717, 1.165) is 122 Å². The van der Waals surface area contributed by atoms with Crippen LogP contribution in [0.2, 0.25) is 0 Å². The molecule has 1 atom stereocenters. The molecule has 0 heterocycles. The summed E-state index contributed by atoms with van der Waals surface area (Å²) in [5.41, 5.74) is 0. The van der Waals surface area contributed by atoms with E-state index in [4.69, 9.17) is 14.2 Å². The van der Waals surface area contributed by atoms with Crippen LogP contribution in [0.5, 0.6) is 0 Å². The van der Waals surface area contributed by atoms with Gasteiger partial charge < -0.3 is 14.2 Å². The maximum atomic E-state index is 12.7. The van der Waals surface area contributed by atoms with Crippen LogP contribution in [-0.4, -0.2) is 37.2 Å². The summed E-state index contributed by atoms with van der Waals surface area (Å²) in [7, 11) is 0. The van der Waals surface area contributed by atoms with Crippen molar-refractivity contribution in [3.8, 4) is 0 Å². The van der Waals surface area contributed by atoms with E-state index < -0.39 is 12.1 Å². The Bertz CT molecular complexity index is 1590. The summed E-state index contributed by atoms with van der Waals surface area (Å²) in [6.07, 6.45) is 83.5. The zero-order valence-corrected chi connectivity index (χ0v) is 45.4. The molecule has 71 heavy (non-hydrogen) atoms. The summed E-state index contributed by atoms with van der Waals surface area (Å²) in [6.45, 7) is 6.21. The Morgan fingerprint density at radius 2 is 0.592 bits per heavy atom. The molecule has 0 bridgehead atoms. The van der Waals surface area contributed by atoms with E-state index in [1.807, 2.05) is 6.08 Å². The molecule has 6 nitrogen and oxygen atoms in total. The molecule has 0 saturated heterocycles. The Morgan fingerprint density at radius 3 is 0.930 bits per heavy atom. The summed E-state index contributed by atoms with van der Waals surface area (Å²) in [4.78, 5) is 37.6. The number of hydrogen-bond acceptors (Lipinski definition) is 6. The van der Waals surface area contributed by atoms with Crippen molar-refractivity contribution in [3.05, 3.63) is 146 Å². The van der Waals surface area contributed by atoms with E-state index in [9.17, 15) is 14.4 Å². The molecular weight excluding hydrogens is 877 g/mol. The normalized spacial score (nSPS) is 13.2. The maximum Gasteiger partial charge on any atom is 0.310 e. The number of carbonyl (C=O) groups is 3. The van der Waals surface area contributed by atoms with Gasteiger partial charge in [0.2, 0.25) is 0 Å². The molecule has 0 radical (unpaired) electrons. The molecule has 0 spiro atoms. The lowest BCUT2D eigenvalue weighted by molar-refractivity contribution is -0.166. The lowest BCUT2D eigenvalue weighted by atomic mass is 10.0. The van der Waals surface area contributed by atoms with Gasteiger partial charge >= 0.3 is 17.9 Å². The van der Waals surface area contributed by atoms with Crippen LogP contribution < -0.4 is 0 Å². The van der Waals surface area contributed by atoms with Gasteiger partial charge in [-0.05, 0) is 103 Å². The molecule has 0 aromatic heterocycles. The van der Waals surface area contributed by atoms with Crippen molar-refractivity contribution in [2.24, 2.45) is 0 Å². The first-order valence-electron chi connectivity index (χ1n) is 28.3. The first kappa shape index (κ1) is 66.3. The van der Waals surface area contributed by atoms with E-state index in [1.54, 1.807) is 6.08 Å². The SMILES string of the molecule is CC/C=C\C/C=C\C/C=C\C/C=C\C/C=C\C/C=C\C/C=C\CCCCCCCCCCCCCC(=O)OCC(COC(=O)CCCCCCC)OC(=O)C/C=C\C/C=C\C/C=C\C/C=C\C/C=C\CC. The number of hydrogen-bond donors (Lipinski definition) is 0. The summed E-state index contributed by atoms with van der Waals surface area (Å²) >= 11 is 0. The van der Waals surface area contributed by atoms with E-state index in [2.05, 4.69) is 154 Å². The second-order valence-electron chi connectivity index (χ2n) is 18.1. The molecule has 0 aliphatic carbocycles. The zero-order valence-electron chi connectivity index (χ0n) is 45.4. The minimum atomic E-state index is -0.834. The number of rotatable bonds is 49. The summed E-state index contributed by atoms with van der Waals surface area (Å²) in [6, 6.07) is 0. The highest BCUT2D eigenvalue weighted by Gasteiger charge is 2.19. The molecule has 0 N–H and O–H groups in total. The van der Waals surface area contributed by atoms with Crippen molar-refractivity contribution in [1.82, 2.24) is 0 Å². The van der Waals surface area contributed by atoms with Crippen LogP contribution in [0.1, 0.15) is 226 Å². The topological polar surface area (TPSA) is 78.9 Å². The van der Waals surface area contributed by atoms with Gasteiger partial charge in [0, 0.05) is 12.8 Å². The maximum absolute atomic E-state index is 12.7. The fourth-order valence-corrected chi connectivity index (χ4v) is 7.20. The predicted molar refractivity (Wildman–Crippen MR) is 306 cm³/mol. The lowest BCUT2D eigenvalue weighted by Gasteiger charge is -2.18. The minimum Gasteiger partial charge on any atom is -0.462 e. The monoisotopic (exact) mass is 979 g/mol. The number of esters is 3. The highest BCUT2D eigenvalue weighted by Crippen LogP contribution is 2.14. The summed E-state index contributed by atoms with van der Waals surface area (Å²) in [5.74, 6) is -1.08. The average Bonchev–Trinajstić information content (AvgIpc) is 3.37. The third-order valence-corrected chi connectivity index (χ3v) is 11.4. The van der Waals surface area contributed by atoms with Crippen LogP contribution >= 0.6 is 0 Å². The molecule has 0 saturated carbocycles. The second kappa shape index (κ2) is 57.9. The quantitative estimate of drug-likeness (QED) is 0.0262. The Morgan fingerprint density at radius 1 is 0.310 bits per heavy atom. The van der Waals surface area contributed by atoms with Gasteiger partial charge in [-0.3, -0.25) is 14.4 Å². The lowest BCUT2D eigenvalue weighted by Crippen LogP contribution is -2.30. The Balaban J connectivity index is 4.11.